The van der Waals surface area contributed by atoms with E-state index in [2.05, 4.69) is 19.9 Å². The van der Waals surface area contributed by atoms with Crippen LogP contribution in [-0.2, 0) is 6.42 Å². The van der Waals surface area contributed by atoms with Gasteiger partial charge in [0.2, 0.25) is 11.8 Å². The highest BCUT2D eigenvalue weighted by atomic mass is 19.1. The quantitative estimate of drug-likeness (QED) is 0.729. The maximum absolute atomic E-state index is 14.1. The van der Waals surface area contributed by atoms with E-state index in [-0.39, 0.29) is 24.1 Å². The van der Waals surface area contributed by atoms with E-state index in [1.54, 1.807) is 19.2 Å². The number of Topliss-reactive ketones (excluding diaryl/α,β-unsaturated/α-hetero) is 1. The summed E-state index contributed by atoms with van der Waals surface area (Å²) in [6.07, 6.45) is 2.40. The molecule has 2 N–H and O–H groups in total. The molecule has 0 saturated carbocycles. The van der Waals surface area contributed by atoms with E-state index in [1.165, 1.54) is 19.2 Å². The second kappa shape index (κ2) is 7.20. The highest BCUT2D eigenvalue weighted by Crippen LogP contribution is 2.38. The van der Waals surface area contributed by atoms with Crippen LogP contribution in [0.15, 0.2) is 24.4 Å². The van der Waals surface area contributed by atoms with Crippen LogP contribution in [-0.4, -0.2) is 32.8 Å². The minimum Gasteiger partial charge on any atom is -0.481 e. The molecule has 4 rings (SSSR count). The molecule has 3 aromatic rings. The molecular formula is C21H20FN5O2. The molecule has 0 aliphatic heterocycles. The highest BCUT2D eigenvalue weighted by Gasteiger charge is 2.31. The van der Waals surface area contributed by atoms with Crippen molar-refractivity contribution >= 4 is 11.7 Å². The number of ketones is 1. The van der Waals surface area contributed by atoms with Gasteiger partial charge in [0.25, 0.3) is 0 Å². The molecule has 0 amide bonds. The van der Waals surface area contributed by atoms with Crippen molar-refractivity contribution in [2.45, 2.75) is 32.6 Å². The summed E-state index contributed by atoms with van der Waals surface area (Å²) in [6.45, 7) is 3.59. The number of benzene rings is 1. The van der Waals surface area contributed by atoms with Crippen molar-refractivity contribution in [1.82, 2.24) is 19.9 Å². The van der Waals surface area contributed by atoms with Crippen molar-refractivity contribution in [1.29, 1.82) is 0 Å². The summed E-state index contributed by atoms with van der Waals surface area (Å²) >= 11 is 0. The summed E-state index contributed by atoms with van der Waals surface area (Å²) in [6, 6.07) is 4.45. The number of hydrogen-bond donors (Lipinski definition) is 1. The first-order valence-electron chi connectivity index (χ1n) is 9.21. The van der Waals surface area contributed by atoms with E-state index >= 15 is 0 Å². The van der Waals surface area contributed by atoms with Gasteiger partial charge in [-0.25, -0.2) is 19.3 Å². The molecule has 0 bridgehead atoms. The Hall–Kier alpha value is -3.42. The SMILES string of the molecule is COc1nc(-c2cc(F)ccc2[C@H]2CC(=O)c3c(C)nc(N)nc3C2)ncc1C. The van der Waals surface area contributed by atoms with E-state index in [9.17, 15) is 9.18 Å². The number of aromatic nitrogens is 4. The minimum atomic E-state index is -0.406. The Morgan fingerprint density at radius 1 is 1.17 bits per heavy atom. The molecule has 1 atom stereocenters. The predicted octanol–water partition coefficient (Wildman–Crippen LogP) is 3.19. The number of ether oxygens (including phenoxy) is 1. The molecule has 148 valence electrons. The average molecular weight is 393 g/mol. The topological polar surface area (TPSA) is 104 Å². The number of carbonyl (C=O) groups is 1. The van der Waals surface area contributed by atoms with Crippen molar-refractivity contribution in [3.05, 3.63) is 58.3 Å². The van der Waals surface area contributed by atoms with Gasteiger partial charge >= 0.3 is 0 Å². The zero-order valence-electron chi connectivity index (χ0n) is 16.4. The van der Waals surface area contributed by atoms with Crippen LogP contribution in [0, 0.1) is 19.7 Å². The van der Waals surface area contributed by atoms with Gasteiger partial charge in [0, 0.05) is 23.7 Å². The van der Waals surface area contributed by atoms with E-state index in [0.717, 1.165) is 11.1 Å². The zero-order valence-corrected chi connectivity index (χ0v) is 16.4. The van der Waals surface area contributed by atoms with Gasteiger partial charge in [0.05, 0.1) is 24.1 Å². The first kappa shape index (κ1) is 18.9. The van der Waals surface area contributed by atoms with E-state index in [0.29, 0.717) is 40.6 Å². The summed E-state index contributed by atoms with van der Waals surface area (Å²) in [5.74, 6) is 0.254. The third kappa shape index (κ3) is 3.41. The molecule has 7 nitrogen and oxygen atoms in total. The normalized spacial score (nSPS) is 15.9. The Balaban J connectivity index is 1.82. The van der Waals surface area contributed by atoms with Crippen LogP contribution in [0.4, 0.5) is 10.3 Å². The fraction of sp³-hybridized carbons (Fsp3) is 0.286. The number of aryl methyl sites for hydroxylation is 2. The van der Waals surface area contributed by atoms with Gasteiger partial charge in [-0.15, -0.1) is 0 Å². The van der Waals surface area contributed by atoms with Crippen molar-refractivity contribution in [3.8, 4) is 17.3 Å². The molecular weight excluding hydrogens is 373 g/mol. The van der Waals surface area contributed by atoms with Crippen molar-refractivity contribution in [2.75, 3.05) is 12.8 Å². The summed E-state index contributed by atoms with van der Waals surface area (Å²) < 4.78 is 19.4. The molecule has 8 heteroatoms. The number of nitrogens with two attached hydrogens (primary N) is 1. The Morgan fingerprint density at radius 3 is 2.72 bits per heavy atom. The lowest BCUT2D eigenvalue weighted by molar-refractivity contribution is 0.0962. The molecule has 0 spiro atoms. The van der Waals surface area contributed by atoms with Crippen LogP contribution in [0.25, 0.3) is 11.4 Å². The number of fused-ring (bicyclic) bond motifs is 1. The molecule has 29 heavy (non-hydrogen) atoms. The van der Waals surface area contributed by atoms with Gasteiger partial charge in [-0.1, -0.05) is 6.07 Å². The third-order valence-corrected chi connectivity index (χ3v) is 5.15. The Labute approximate surface area is 167 Å². The Morgan fingerprint density at radius 2 is 1.97 bits per heavy atom. The van der Waals surface area contributed by atoms with Crippen LogP contribution < -0.4 is 10.5 Å². The lowest BCUT2D eigenvalue weighted by Gasteiger charge is -2.25. The van der Waals surface area contributed by atoms with E-state index in [1.807, 2.05) is 6.92 Å². The summed E-state index contributed by atoms with van der Waals surface area (Å²) in [5.41, 5.74) is 9.61. The van der Waals surface area contributed by atoms with Crippen LogP contribution in [0.3, 0.4) is 0 Å². The van der Waals surface area contributed by atoms with Crippen molar-refractivity contribution in [2.24, 2.45) is 0 Å². The number of nitrogens with zero attached hydrogens (tertiary/aromatic N) is 4. The zero-order chi connectivity index (χ0) is 20.7. The van der Waals surface area contributed by atoms with Gasteiger partial charge in [-0.3, -0.25) is 4.79 Å². The number of halogens is 1. The molecule has 0 saturated heterocycles. The highest BCUT2D eigenvalue weighted by molar-refractivity contribution is 6.00. The minimum absolute atomic E-state index is 0.0496. The Kier molecular flexibility index (Phi) is 4.70. The molecule has 0 radical (unpaired) electrons. The fourth-order valence-corrected chi connectivity index (χ4v) is 3.86. The lowest BCUT2D eigenvalue weighted by atomic mass is 9.79. The second-order valence-electron chi connectivity index (χ2n) is 7.13. The van der Waals surface area contributed by atoms with E-state index < -0.39 is 5.82 Å². The number of rotatable bonds is 3. The number of hydrogen-bond acceptors (Lipinski definition) is 7. The van der Waals surface area contributed by atoms with Gasteiger partial charge in [-0.2, -0.15) is 4.98 Å². The van der Waals surface area contributed by atoms with Crippen LogP contribution in [0.5, 0.6) is 5.88 Å². The fourth-order valence-electron chi connectivity index (χ4n) is 3.86. The largest absolute Gasteiger partial charge is 0.481 e. The molecule has 1 aliphatic rings. The maximum atomic E-state index is 14.1. The van der Waals surface area contributed by atoms with Crippen LogP contribution in [0.2, 0.25) is 0 Å². The van der Waals surface area contributed by atoms with Gasteiger partial charge in [0.1, 0.15) is 5.82 Å². The monoisotopic (exact) mass is 393 g/mol. The number of nitrogen functional groups attached to an aromatic ring is 1. The van der Waals surface area contributed by atoms with Crippen LogP contribution >= 0.6 is 0 Å². The average Bonchev–Trinajstić information content (AvgIpc) is 2.67. The second-order valence-corrected chi connectivity index (χ2v) is 7.13. The summed E-state index contributed by atoms with van der Waals surface area (Å²) in [5, 5.41) is 0. The molecule has 0 unspecified atom stereocenters. The van der Waals surface area contributed by atoms with Gasteiger partial charge in [0.15, 0.2) is 11.6 Å². The van der Waals surface area contributed by atoms with Crippen molar-refractivity contribution < 1.29 is 13.9 Å². The number of anilines is 1. The predicted molar refractivity (Wildman–Crippen MR) is 105 cm³/mol. The van der Waals surface area contributed by atoms with E-state index in [4.69, 9.17) is 10.5 Å². The lowest BCUT2D eigenvalue weighted by Crippen LogP contribution is -2.23. The first-order valence-corrected chi connectivity index (χ1v) is 9.21. The maximum Gasteiger partial charge on any atom is 0.220 e. The molecule has 2 heterocycles. The Bertz CT molecular complexity index is 1130. The van der Waals surface area contributed by atoms with Gasteiger partial charge < -0.3 is 10.5 Å². The summed E-state index contributed by atoms with van der Waals surface area (Å²) in [7, 11) is 1.52. The smallest absolute Gasteiger partial charge is 0.220 e. The van der Waals surface area contributed by atoms with Crippen LogP contribution in [0.1, 0.15) is 45.2 Å². The molecule has 2 aromatic heterocycles. The molecule has 1 aromatic carbocycles. The summed E-state index contributed by atoms with van der Waals surface area (Å²) in [4.78, 5) is 30.0. The standard InChI is InChI=1S/C21H20FN5O2/c1-10-9-24-19(27-20(10)29-3)15-8-13(22)4-5-14(15)12-6-16-18(17(28)7-12)11(2)25-21(23)26-16/h4-5,8-9,12H,6-7H2,1-3H3,(H2,23,25,26)/t12-/m1/s1. The number of methoxy groups -OCH3 is 1. The first-order chi connectivity index (χ1) is 13.9. The molecule has 0 fully saturated rings. The van der Waals surface area contributed by atoms with Crippen molar-refractivity contribution in [3.63, 3.8) is 0 Å². The third-order valence-electron chi connectivity index (χ3n) is 5.15. The molecule has 1 aliphatic carbocycles. The number of carbonyl (C=O) groups excluding carboxylic acids is 1. The van der Waals surface area contributed by atoms with Gasteiger partial charge in [-0.05, 0) is 43.9 Å².